The molecule has 0 spiro atoms. The average Bonchev–Trinajstić information content (AvgIpc) is 2.86. The molecule has 2 aliphatic heterocycles. The third-order valence-electron chi connectivity index (χ3n) is 5.76. The molecule has 9 heteroatoms. The van der Waals surface area contributed by atoms with Crippen molar-refractivity contribution in [1.29, 1.82) is 0 Å². The van der Waals surface area contributed by atoms with Crippen LogP contribution in [-0.4, -0.2) is 61.1 Å². The lowest BCUT2D eigenvalue weighted by molar-refractivity contribution is 0.311. The highest BCUT2D eigenvalue weighted by atomic mass is 16.5. The van der Waals surface area contributed by atoms with E-state index in [-0.39, 0.29) is 0 Å². The topological polar surface area (TPSA) is 88.0 Å². The Morgan fingerprint density at radius 2 is 1.53 bits per heavy atom. The third-order valence-corrected chi connectivity index (χ3v) is 5.76. The molecule has 2 saturated heterocycles. The van der Waals surface area contributed by atoms with Crippen LogP contribution in [0.4, 0.5) is 17.8 Å². The maximum atomic E-state index is 5.58. The number of hydrazone groups is 1. The molecule has 0 aliphatic carbocycles. The minimum Gasteiger partial charge on any atom is -0.493 e. The van der Waals surface area contributed by atoms with E-state index in [0.29, 0.717) is 18.3 Å². The Labute approximate surface area is 189 Å². The minimum absolute atomic E-state index is 0.468. The maximum Gasteiger partial charge on any atom is 0.250 e. The quantitative estimate of drug-likeness (QED) is 0.492. The molecule has 0 amide bonds. The first-order valence-corrected chi connectivity index (χ1v) is 11.6. The normalized spacial score (nSPS) is 16.9. The lowest BCUT2D eigenvalue weighted by Gasteiger charge is -2.30. The fraction of sp³-hybridized carbons (Fsp3) is 0.565. The molecule has 9 nitrogen and oxygen atoms in total. The van der Waals surface area contributed by atoms with Gasteiger partial charge in [-0.25, -0.2) is 5.43 Å². The summed E-state index contributed by atoms with van der Waals surface area (Å²) >= 11 is 0. The molecule has 172 valence electrons. The molecular weight excluding hydrogens is 406 g/mol. The Hall–Kier alpha value is -3.10. The van der Waals surface area contributed by atoms with Gasteiger partial charge in [0.1, 0.15) is 0 Å². The third kappa shape index (κ3) is 5.57. The van der Waals surface area contributed by atoms with Crippen LogP contribution < -0.4 is 24.7 Å². The molecule has 0 radical (unpaired) electrons. The summed E-state index contributed by atoms with van der Waals surface area (Å²) in [6.45, 7) is 6.47. The molecule has 1 aromatic carbocycles. The number of benzene rings is 1. The number of hydrogen-bond donors (Lipinski definition) is 1. The van der Waals surface area contributed by atoms with E-state index in [1.807, 2.05) is 25.1 Å². The van der Waals surface area contributed by atoms with Gasteiger partial charge in [-0.05, 0) is 69.2 Å². The summed E-state index contributed by atoms with van der Waals surface area (Å²) in [5.41, 5.74) is 3.90. The van der Waals surface area contributed by atoms with Crippen LogP contribution >= 0.6 is 0 Å². The van der Waals surface area contributed by atoms with Crippen LogP contribution in [0.1, 0.15) is 51.0 Å². The number of nitrogens with one attached hydrogen (secondary N) is 1. The van der Waals surface area contributed by atoms with Gasteiger partial charge in [0.25, 0.3) is 0 Å². The molecule has 0 unspecified atom stereocenters. The number of nitrogens with zero attached hydrogens (tertiary/aromatic N) is 6. The van der Waals surface area contributed by atoms with E-state index in [1.165, 1.54) is 38.5 Å². The van der Waals surface area contributed by atoms with Crippen molar-refractivity contribution in [1.82, 2.24) is 15.0 Å². The molecular formula is C23H33N7O2. The largest absolute Gasteiger partial charge is 0.493 e. The fourth-order valence-corrected chi connectivity index (χ4v) is 4.08. The van der Waals surface area contributed by atoms with Crippen LogP contribution in [-0.2, 0) is 0 Å². The summed E-state index contributed by atoms with van der Waals surface area (Å²) in [4.78, 5) is 18.6. The molecule has 2 fully saturated rings. The Morgan fingerprint density at radius 3 is 2.09 bits per heavy atom. The number of anilines is 3. The summed E-state index contributed by atoms with van der Waals surface area (Å²) in [7, 11) is 1.63. The second kappa shape index (κ2) is 11.0. The van der Waals surface area contributed by atoms with Gasteiger partial charge in [0, 0.05) is 26.2 Å². The Balaban J connectivity index is 1.52. The first kappa shape index (κ1) is 22.1. The first-order valence-electron chi connectivity index (χ1n) is 11.6. The summed E-state index contributed by atoms with van der Waals surface area (Å²) in [5, 5.41) is 4.37. The van der Waals surface area contributed by atoms with E-state index in [9.17, 15) is 0 Å². The molecule has 32 heavy (non-hydrogen) atoms. The van der Waals surface area contributed by atoms with Crippen molar-refractivity contribution in [2.24, 2.45) is 5.10 Å². The zero-order valence-corrected chi connectivity index (χ0v) is 19.1. The molecule has 0 saturated carbocycles. The molecule has 2 aliphatic rings. The second-order valence-corrected chi connectivity index (χ2v) is 8.07. The van der Waals surface area contributed by atoms with Crippen LogP contribution in [0.2, 0.25) is 0 Å². The van der Waals surface area contributed by atoms with Crippen LogP contribution in [0.3, 0.4) is 0 Å². The van der Waals surface area contributed by atoms with Gasteiger partial charge in [-0.15, -0.1) is 0 Å². The van der Waals surface area contributed by atoms with Gasteiger partial charge < -0.3 is 19.3 Å². The number of rotatable bonds is 8. The van der Waals surface area contributed by atoms with Crippen LogP contribution in [0.5, 0.6) is 11.5 Å². The molecule has 3 heterocycles. The number of aromatic nitrogens is 3. The highest BCUT2D eigenvalue weighted by molar-refractivity contribution is 5.81. The molecule has 2 aromatic rings. The van der Waals surface area contributed by atoms with Crippen molar-refractivity contribution in [2.45, 2.75) is 45.4 Å². The smallest absolute Gasteiger partial charge is 0.250 e. The summed E-state index contributed by atoms with van der Waals surface area (Å²) in [6.07, 6.45) is 8.94. The number of methoxy groups -OCH3 is 1. The summed E-state index contributed by atoms with van der Waals surface area (Å²) in [5.74, 6) is 3.34. The summed E-state index contributed by atoms with van der Waals surface area (Å²) < 4.78 is 11.0. The van der Waals surface area contributed by atoms with E-state index in [4.69, 9.17) is 14.5 Å². The first-order chi connectivity index (χ1) is 15.8. The maximum absolute atomic E-state index is 5.58. The molecule has 0 bridgehead atoms. The monoisotopic (exact) mass is 439 g/mol. The van der Waals surface area contributed by atoms with Gasteiger partial charge in [0.15, 0.2) is 11.5 Å². The predicted molar refractivity (Wildman–Crippen MR) is 127 cm³/mol. The van der Waals surface area contributed by atoms with Crippen molar-refractivity contribution in [3.63, 3.8) is 0 Å². The van der Waals surface area contributed by atoms with Crippen LogP contribution in [0.15, 0.2) is 23.3 Å². The van der Waals surface area contributed by atoms with E-state index >= 15 is 0 Å². The van der Waals surface area contributed by atoms with E-state index in [0.717, 1.165) is 49.4 Å². The van der Waals surface area contributed by atoms with Crippen LogP contribution in [0, 0.1) is 0 Å². The zero-order valence-electron chi connectivity index (χ0n) is 19.1. The van der Waals surface area contributed by atoms with Gasteiger partial charge in [-0.3, -0.25) is 0 Å². The van der Waals surface area contributed by atoms with Gasteiger partial charge >= 0.3 is 0 Å². The zero-order chi connectivity index (χ0) is 22.2. The highest BCUT2D eigenvalue weighted by Crippen LogP contribution is 2.27. The lowest BCUT2D eigenvalue weighted by atomic mass is 10.1. The SMILES string of the molecule is CCOc1ccc(/C=N/Nc2nc(N3CCCCC3)nc(N3CCCCC3)n2)cc1OC. The van der Waals surface area contributed by atoms with E-state index in [1.54, 1.807) is 13.3 Å². The molecule has 1 N–H and O–H groups in total. The molecule has 4 rings (SSSR count). The van der Waals surface area contributed by atoms with Gasteiger partial charge in [-0.2, -0.15) is 20.1 Å². The predicted octanol–water partition coefficient (Wildman–Crippen LogP) is 3.71. The average molecular weight is 440 g/mol. The number of piperidine rings is 2. The van der Waals surface area contributed by atoms with Crippen molar-refractivity contribution in [2.75, 3.05) is 55.1 Å². The van der Waals surface area contributed by atoms with Gasteiger partial charge in [0.05, 0.1) is 19.9 Å². The van der Waals surface area contributed by atoms with Crippen LogP contribution in [0.25, 0.3) is 0 Å². The van der Waals surface area contributed by atoms with Crippen molar-refractivity contribution < 1.29 is 9.47 Å². The Bertz CT molecular complexity index is 873. The lowest BCUT2D eigenvalue weighted by Crippen LogP contribution is -2.34. The van der Waals surface area contributed by atoms with Crippen molar-refractivity contribution in [3.05, 3.63) is 23.8 Å². The fourth-order valence-electron chi connectivity index (χ4n) is 4.08. The minimum atomic E-state index is 0.468. The number of ether oxygens (including phenoxy) is 2. The van der Waals surface area contributed by atoms with Crippen molar-refractivity contribution >= 4 is 24.1 Å². The Morgan fingerprint density at radius 1 is 0.906 bits per heavy atom. The Kier molecular flexibility index (Phi) is 7.58. The number of hydrogen-bond acceptors (Lipinski definition) is 9. The van der Waals surface area contributed by atoms with Crippen molar-refractivity contribution in [3.8, 4) is 11.5 Å². The van der Waals surface area contributed by atoms with Gasteiger partial charge in [-0.1, -0.05) is 0 Å². The van der Waals surface area contributed by atoms with E-state index < -0.39 is 0 Å². The standard InChI is InChI=1S/C23H33N7O2/c1-3-32-19-11-10-18(16-20(19)31-2)17-24-28-21-25-22(29-12-6-4-7-13-29)27-23(26-21)30-14-8-5-9-15-30/h10-11,16-17H,3-9,12-15H2,1-2H3,(H,25,26,27,28)/b24-17+. The molecule has 0 atom stereocenters. The highest BCUT2D eigenvalue weighted by Gasteiger charge is 2.20. The second-order valence-electron chi connectivity index (χ2n) is 8.07. The summed E-state index contributed by atoms with van der Waals surface area (Å²) in [6, 6.07) is 5.71. The van der Waals surface area contributed by atoms with E-state index in [2.05, 4.69) is 30.3 Å². The molecule has 1 aromatic heterocycles. The van der Waals surface area contributed by atoms with Gasteiger partial charge in [0.2, 0.25) is 17.8 Å².